The average molecular weight is 536 g/mol. The second-order valence-corrected chi connectivity index (χ2v) is 10.7. The van der Waals surface area contributed by atoms with Gasteiger partial charge < -0.3 is 9.47 Å². The van der Waals surface area contributed by atoms with Gasteiger partial charge in [0.15, 0.2) is 0 Å². The number of fused-ring (bicyclic) bond motifs is 2. The Kier molecular flexibility index (Phi) is 7.40. The molecule has 5 rings (SSSR count). The minimum Gasteiger partial charge on any atom is -0.404 e. The van der Waals surface area contributed by atoms with Gasteiger partial charge in [-0.25, -0.2) is 8.93 Å². The van der Waals surface area contributed by atoms with Crippen LogP contribution in [0.3, 0.4) is 0 Å². The smallest absolute Gasteiger partial charge is 0.404 e. The molecule has 36 heavy (non-hydrogen) atoms. The van der Waals surface area contributed by atoms with Gasteiger partial charge in [-0.3, -0.25) is 0 Å². The van der Waals surface area contributed by atoms with Gasteiger partial charge in [0.2, 0.25) is 0 Å². The summed E-state index contributed by atoms with van der Waals surface area (Å²) >= 11 is 5.95. The van der Waals surface area contributed by atoms with Crippen molar-refractivity contribution in [2.75, 3.05) is 6.61 Å². The molecule has 2 aliphatic rings. The Balaban J connectivity index is 1.35. The summed E-state index contributed by atoms with van der Waals surface area (Å²) in [5.41, 5.74) is 5.16. The van der Waals surface area contributed by atoms with Crippen LogP contribution in [0.4, 0.5) is 13.2 Å². The molecule has 1 aliphatic heterocycles. The molecule has 4 nitrogen and oxygen atoms in total. The first-order valence-electron chi connectivity index (χ1n) is 11.8. The highest BCUT2D eigenvalue weighted by Crippen LogP contribution is 2.40. The summed E-state index contributed by atoms with van der Waals surface area (Å²) in [5, 5.41) is -0.253. The summed E-state index contributed by atoms with van der Waals surface area (Å²) in [6, 6.07) is 20.5. The number of alkyl halides is 3. The van der Waals surface area contributed by atoms with Gasteiger partial charge in [-0.05, 0) is 66.1 Å². The summed E-state index contributed by atoms with van der Waals surface area (Å²) in [6.07, 6.45) is -1.72. The highest BCUT2D eigenvalue weighted by molar-refractivity contribution is 7.83. The highest BCUT2D eigenvalue weighted by atomic mass is 35.5. The molecule has 9 heteroatoms. The van der Waals surface area contributed by atoms with E-state index in [2.05, 4.69) is 58.0 Å². The quantitative estimate of drug-likeness (QED) is 0.415. The van der Waals surface area contributed by atoms with Crippen molar-refractivity contribution in [2.45, 2.75) is 55.0 Å². The Hall–Kier alpha value is -2.39. The maximum atomic E-state index is 13.0. The molecule has 3 aromatic rings. The van der Waals surface area contributed by atoms with Crippen LogP contribution in [0.15, 0.2) is 71.6 Å². The molecule has 1 saturated heterocycles. The maximum Gasteiger partial charge on any atom is 0.573 e. The van der Waals surface area contributed by atoms with Crippen LogP contribution in [0.5, 0.6) is 5.75 Å². The number of hydrogen-bond donors (Lipinski definition) is 1. The lowest BCUT2D eigenvalue weighted by Gasteiger charge is -2.36. The minimum atomic E-state index is -4.85. The Labute approximate surface area is 215 Å². The second kappa shape index (κ2) is 10.5. The van der Waals surface area contributed by atoms with E-state index in [0.717, 1.165) is 18.9 Å². The Morgan fingerprint density at radius 2 is 1.61 bits per heavy atom. The van der Waals surface area contributed by atoms with Crippen molar-refractivity contribution in [3.8, 4) is 5.75 Å². The Bertz CT molecular complexity index is 1220. The van der Waals surface area contributed by atoms with Gasteiger partial charge in [-0.15, -0.1) is 13.2 Å². The van der Waals surface area contributed by atoms with Crippen molar-refractivity contribution in [2.24, 2.45) is 0 Å². The van der Waals surface area contributed by atoms with Crippen LogP contribution in [0.2, 0.25) is 5.02 Å². The van der Waals surface area contributed by atoms with E-state index in [1.54, 1.807) is 0 Å². The fourth-order valence-corrected chi connectivity index (χ4v) is 6.51. The lowest BCUT2D eigenvalue weighted by atomic mass is 9.80. The van der Waals surface area contributed by atoms with E-state index in [9.17, 15) is 17.4 Å². The van der Waals surface area contributed by atoms with E-state index in [1.165, 1.54) is 34.4 Å². The predicted octanol–water partition coefficient (Wildman–Crippen LogP) is 6.33. The lowest BCUT2D eigenvalue weighted by Crippen LogP contribution is -2.42. The normalized spacial score (nSPS) is 21.2. The van der Waals surface area contributed by atoms with E-state index >= 15 is 0 Å². The Morgan fingerprint density at radius 1 is 0.972 bits per heavy atom. The average Bonchev–Trinajstić information content (AvgIpc) is 3.01. The van der Waals surface area contributed by atoms with Crippen LogP contribution in [-0.2, 0) is 28.6 Å². The number of aryl methyl sites for hydroxylation is 2. The zero-order valence-electron chi connectivity index (χ0n) is 19.3. The number of ether oxygens (including phenoxy) is 2. The molecule has 0 spiro atoms. The van der Waals surface area contributed by atoms with Gasteiger partial charge in [0.1, 0.15) is 16.7 Å². The zero-order valence-corrected chi connectivity index (χ0v) is 20.8. The van der Waals surface area contributed by atoms with E-state index in [1.807, 2.05) is 0 Å². The molecular formula is C27H25ClF3NO3S. The molecular weight excluding hydrogens is 511 g/mol. The molecule has 0 saturated carbocycles. The van der Waals surface area contributed by atoms with Crippen LogP contribution in [-0.4, -0.2) is 29.3 Å². The zero-order chi connectivity index (χ0) is 25.3. The lowest BCUT2D eigenvalue weighted by molar-refractivity contribution is -0.274. The summed E-state index contributed by atoms with van der Waals surface area (Å²) in [4.78, 5) is 0.280. The van der Waals surface area contributed by atoms with E-state index < -0.39 is 23.1 Å². The first kappa shape index (κ1) is 25.3. The van der Waals surface area contributed by atoms with Gasteiger partial charge in [0.05, 0.1) is 16.0 Å². The monoisotopic (exact) mass is 535 g/mol. The van der Waals surface area contributed by atoms with Crippen LogP contribution in [0, 0.1) is 0 Å². The number of rotatable bonds is 5. The van der Waals surface area contributed by atoms with Gasteiger partial charge in [-0.1, -0.05) is 60.1 Å². The highest BCUT2D eigenvalue weighted by Gasteiger charge is 2.36. The van der Waals surface area contributed by atoms with Crippen LogP contribution in [0.1, 0.15) is 41.0 Å². The van der Waals surface area contributed by atoms with Crippen LogP contribution >= 0.6 is 11.6 Å². The molecule has 0 radical (unpaired) electrons. The molecule has 1 fully saturated rings. The van der Waals surface area contributed by atoms with Gasteiger partial charge in [0, 0.05) is 18.6 Å². The third kappa shape index (κ3) is 5.62. The third-order valence-corrected chi connectivity index (χ3v) is 8.27. The molecule has 3 atom stereocenters. The first-order chi connectivity index (χ1) is 17.3. The van der Waals surface area contributed by atoms with Crippen molar-refractivity contribution < 1.29 is 26.9 Å². The van der Waals surface area contributed by atoms with Crippen LogP contribution in [0.25, 0.3) is 0 Å². The van der Waals surface area contributed by atoms with E-state index in [4.69, 9.17) is 16.3 Å². The molecule has 1 heterocycles. The predicted molar refractivity (Wildman–Crippen MR) is 133 cm³/mol. The van der Waals surface area contributed by atoms with Gasteiger partial charge in [0.25, 0.3) is 0 Å². The number of nitrogens with one attached hydrogen (secondary N) is 1. The summed E-state index contributed by atoms with van der Waals surface area (Å²) in [5.74, 6) is -0.465. The minimum absolute atomic E-state index is 0.0613. The molecule has 190 valence electrons. The summed E-state index contributed by atoms with van der Waals surface area (Å²) < 4.78 is 63.9. The summed E-state index contributed by atoms with van der Waals surface area (Å²) in [6.45, 7) is 0.513. The largest absolute Gasteiger partial charge is 0.573 e. The molecule has 3 aromatic carbocycles. The van der Waals surface area contributed by atoms with Crippen molar-refractivity contribution in [1.29, 1.82) is 0 Å². The Morgan fingerprint density at radius 3 is 2.22 bits per heavy atom. The standard InChI is InChI=1S/C27H25ClF3NO3S/c28-23-16-20(11-12-24(23)35-27(29,30)31)36(33)32-19-13-14-34-25(15-19)26-21-7-3-1-5-17(21)9-10-18-6-2-4-8-22(18)26/h1-8,11-12,16,19,25-26,32H,9-10,13-15H2. The van der Waals surface area contributed by atoms with E-state index in [0.29, 0.717) is 19.4 Å². The van der Waals surface area contributed by atoms with Crippen molar-refractivity contribution >= 4 is 22.6 Å². The number of benzene rings is 3. The molecule has 1 N–H and O–H groups in total. The maximum absolute atomic E-state index is 13.0. The van der Waals surface area contributed by atoms with Crippen molar-refractivity contribution in [3.05, 3.63) is 94.0 Å². The molecule has 3 unspecified atom stereocenters. The molecule has 0 bridgehead atoms. The van der Waals surface area contributed by atoms with Crippen molar-refractivity contribution in [1.82, 2.24) is 4.72 Å². The molecule has 0 amide bonds. The van der Waals surface area contributed by atoms with Gasteiger partial charge >= 0.3 is 6.36 Å². The fourth-order valence-electron chi connectivity index (χ4n) is 5.16. The summed E-state index contributed by atoms with van der Waals surface area (Å²) in [7, 11) is -1.66. The number of halogens is 4. The van der Waals surface area contributed by atoms with Crippen LogP contribution < -0.4 is 9.46 Å². The topological polar surface area (TPSA) is 47.6 Å². The van der Waals surface area contributed by atoms with Gasteiger partial charge in [-0.2, -0.15) is 0 Å². The van der Waals surface area contributed by atoms with E-state index in [-0.39, 0.29) is 28.0 Å². The molecule has 1 aliphatic carbocycles. The fraction of sp³-hybridized carbons (Fsp3) is 0.333. The van der Waals surface area contributed by atoms with Crippen molar-refractivity contribution in [3.63, 3.8) is 0 Å². The third-order valence-electron chi connectivity index (χ3n) is 6.75. The number of hydrogen-bond acceptors (Lipinski definition) is 3. The SMILES string of the molecule is O=S(NC1CCOC(C2c3ccccc3CCc3ccccc32)C1)c1ccc(OC(F)(F)F)c(Cl)c1. The second-order valence-electron chi connectivity index (χ2n) is 9.03. The first-order valence-corrected chi connectivity index (χ1v) is 13.3. The molecule has 0 aromatic heterocycles.